The Morgan fingerprint density at radius 3 is 2.86 bits per heavy atom. The number of nitrogens with zero attached hydrogens (tertiary/aromatic N) is 2. The monoisotopic (exact) mass is 355 g/mol. The largest absolute Gasteiger partial charge is 0.419 e. The third-order valence-corrected chi connectivity index (χ3v) is 5.03. The Balaban J connectivity index is 2.29. The molecule has 2 rings (SSSR count). The molecule has 0 aliphatic carbocycles. The lowest BCUT2D eigenvalue weighted by Gasteiger charge is -2.14. The van der Waals surface area contributed by atoms with Crippen molar-refractivity contribution in [2.75, 3.05) is 11.6 Å². The van der Waals surface area contributed by atoms with Crippen molar-refractivity contribution in [1.29, 1.82) is 0 Å². The Morgan fingerprint density at radius 1 is 1.62 bits per heavy atom. The minimum absolute atomic E-state index is 0.173. The molecule has 1 aromatic rings. The molecule has 1 aliphatic heterocycles. The predicted molar refractivity (Wildman–Crippen MR) is 78.6 cm³/mol. The third kappa shape index (κ3) is 4.05. The second-order valence-corrected chi connectivity index (χ2v) is 6.75. The van der Waals surface area contributed by atoms with Crippen molar-refractivity contribution in [1.82, 2.24) is 10.3 Å². The highest BCUT2D eigenvalue weighted by Gasteiger charge is 2.37. The number of thioether (sulfide) groups is 2. The van der Waals surface area contributed by atoms with Gasteiger partial charge in [-0.05, 0) is 0 Å². The van der Waals surface area contributed by atoms with Gasteiger partial charge in [-0.1, -0.05) is 24.0 Å². The SMILES string of the molecule is O=[N+]([O-])c1cnc(SC(=S)C2CSCN2)c(C(F)(F)F)c1. The van der Waals surface area contributed by atoms with Crippen molar-refractivity contribution in [3.05, 3.63) is 27.9 Å². The zero-order valence-corrected chi connectivity index (χ0v) is 12.7. The number of pyridine rings is 1. The summed E-state index contributed by atoms with van der Waals surface area (Å²) in [4.78, 5) is 13.2. The van der Waals surface area contributed by atoms with Crippen LogP contribution in [-0.4, -0.2) is 31.8 Å². The summed E-state index contributed by atoms with van der Waals surface area (Å²) in [6.07, 6.45) is -3.92. The summed E-state index contributed by atoms with van der Waals surface area (Å²) in [6.45, 7) is 0. The summed E-state index contributed by atoms with van der Waals surface area (Å²) in [5, 5.41) is 13.3. The second-order valence-electron chi connectivity index (χ2n) is 3.99. The number of hydrogen-bond donors (Lipinski definition) is 1. The normalized spacial score (nSPS) is 18.7. The van der Waals surface area contributed by atoms with E-state index in [-0.39, 0.29) is 11.1 Å². The quantitative estimate of drug-likeness (QED) is 0.387. The first kappa shape index (κ1) is 16.5. The number of nitro groups is 1. The number of halogens is 3. The summed E-state index contributed by atoms with van der Waals surface area (Å²) in [5.41, 5.74) is -1.85. The molecule has 1 saturated heterocycles. The van der Waals surface area contributed by atoms with Gasteiger partial charge in [0.2, 0.25) is 0 Å². The molecule has 21 heavy (non-hydrogen) atoms. The molecule has 1 unspecified atom stereocenters. The van der Waals surface area contributed by atoms with E-state index in [4.69, 9.17) is 12.2 Å². The Morgan fingerprint density at radius 2 is 2.33 bits per heavy atom. The van der Waals surface area contributed by atoms with Crippen LogP contribution < -0.4 is 5.32 Å². The Labute approximate surface area is 131 Å². The lowest BCUT2D eigenvalue weighted by Crippen LogP contribution is -2.30. The molecule has 0 aromatic carbocycles. The van der Waals surface area contributed by atoms with E-state index in [1.54, 1.807) is 11.8 Å². The molecule has 0 spiro atoms. The topological polar surface area (TPSA) is 68.1 Å². The van der Waals surface area contributed by atoms with Crippen LogP contribution in [0.2, 0.25) is 0 Å². The van der Waals surface area contributed by atoms with E-state index in [0.29, 0.717) is 33.7 Å². The Kier molecular flexibility index (Phi) is 5.07. The van der Waals surface area contributed by atoms with Gasteiger partial charge in [-0.15, -0.1) is 11.8 Å². The average Bonchev–Trinajstić information content (AvgIpc) is 2.91. The van der Waals surface area contributed by atoms with Crippen molar-refractivity contribution in [3.63, 3.8) is 0 Å². The van der Waals surface area contributed by atoms with E-state index >= 15 is 0 Å². The van der Waals surface area contributed by atoms with Gasteiger partial charge in [-0.25, -0.2) is 4.98 Å². The number of nitrogens with one attached hydrogen (secondary N) is 1. The van der Waals surface area contributed by atoms with Crippen molar-refractivity contribution in [2.24, 2.45) is 0 Å². The molecular weight excluding hydrogens is 347 g/mol. The van der Waals surface area contributed by atoms with E-state index in [2.05, 4.69) is 10.3 Å². The molecule has 0 bridgehead atoms. The number of rotatable bonds is 3. The number of thiocarbonyl (C=S) groups is 1. The van der Waals surface area contributed by atoms with E-state index in [1.165, 1.54) is 0 Å². The minimum atomic E-state index is -4.73. The molecular formula is C10H8F3N3O2S3. The molecule has 1 N–H and O–H groups in total. The molecule has 114 valence electrons. The lowest BCUT2D eigenvalue weighted by atomic mass is 10.2. The number of aromatic nitrogens is 1. The summed E-state index contributed by atoms with van der Waals surface area (Å²) in [7, 11) is 0. The van der Waals surface area contributed by atoms with Gasteiger partial charge < -0.3 is 0 Å². The molecule has 11 heteroatoms. The number of hydrogen-bond acceptors (Lipinski definition) is 7. The van der Waals surface area contributed by atoms with Crippen LogP contribution >= 0.6 is 35.7 Å². The van der Waals surface area contributed by atoms with Crippen LogP contribution in [-0.2, 0) is 6.18 Å². The molecule has 1 fully saturated rings. The average molecular weight is 355 g/mol. The van der Waals surface area contributed by atoms with Crippen LogP contribution in [0.25, 0.3) is 0 Å². The highest BCUT2D eigenvalue weighted by molar-refractivity contribution is 8.23. The van der Waals surface area contributed by atoms with Gasteiger partial charge in [0, 0.05) is 17.7 Å². The summed E-state index contributed by atoms with van der Waals surface area (Å²) in [5.74, 6) is 1.37. The first-order chi connectivity index (χ1) is 9.79. The third-order valence-electron chi connectivity index (χ3n) is 2.55. The zero-order valence-electron chi connectivity index (χ0n) is 10.2. The fraction of sp³-hybridized carbons (Fsp3) is 0.400. The van der Waals surface area contributed by atoms with Crippen LogP contribution in [0.1, 0.15) is 5.56 Å². The van der Waals surface area contributed by atoms with E-state index in [0.717, 1.165) is 6.20 Å². The number of alkyl halides is 3. The van der Waals surface area contributed by atoms with Crippen LogP contribution in [0, 0.1) is 10.1 Å². The highest BCUT2D eigenvalue weighted by Crippen LogP contribution is 2.38. The van der Waals surface area contributed by atoms with Gasteiger partial charge in [-0.3, -0.25) is 15.4 Å². The predicted octanol–water partition coefficient (Wildman–Crippen LogP) is 3.09. The van der Waals surface area contributed by atoms with Crippen molar-refractivity contribution in [2.45, 2.75) is 17.2 Å². The van der Waals surface area contributed by atoms with E-state index in [9.17, 15) is 23.3 Å². The lowest BCUT2D eigenvalue weighted by molar-refractivity contribution is -0.385. The maximum Gasteiger partial charge on any atom is 0.419 e. The fourth-order valence-corrected chi connectivity index (χ4v) is 4.00. The minimum Gasteiger partial charge on any atom is -0.299 e. The summed E-state index contributed by atoms with van der Waals surface area (Å²) < 4.78 is 39.3. The van der Waals surface area contributed by atoms with Crippen molar-refractivity contribution < 1.29 is 18.1 Å². The molecule has 0 amide bonds. The van der Waals surface area contributed by atoms with Gasteiger partial charge >= 0.3 is 6.18 Å². The Hall–Kier alpha value is -0.910. The van der Waals surface area contributed by atoms with Crippen LogP contribution in [0.4, 0.5) is 18.9 Å². The van der Waals surface area contributed by atoms with Crippen LogP contribution in [0.15, 0.2) is 17.3 Å². The van der Waals surface area contributed by atoms with Crippen molar-refractivity contribution in [3.8, 4) is 0 Å². The zero-order chi connectivity index (χ0) is 15.6. The molecule has 2 heterocycles. The van der Waals surface area contributed by atoms with Crippen molar-refractivity contribution >= 4 is 45.6 Å². The molecule has 5 nitrogen and oxygen atoms in total. The molecule has 0 saturated carbocycles. The van der Waals surface area contributed by atoms with Crippen LogP contribution in [0.3, 0.4) is 0 Å². The summed E-state index contributed by atoms with van der Waals surface area (Å²) >= 11 is 7.42. The Bertz CT molecular complexity index is 576. The summed E-state index contributed by atoms with van der Waals surface area (Å²) in [6, 6.07) is 0.308. The fourth-order valence-electron chi connectivity index (χ4n) is 1.54. The van der Waals surface area contributed by atoms with Gasteiger partial charge in [0.25, 0.3) is 5.69 Å². The second kappa shape index (κ2) is 6.46. The molecule has 0 radical (unpaired) electrons. The maximum absolute atomic E-state index is 13.0. The van der Waals surface area contributed by atoms with E-state index < -0.39 is 22.4 Å². The molecule has 1 aromatic heterocycles. The standard InChI is InChI=1S/C10H8F3N3O2S3/c11-10(12,13)6-1-5(16(17)18)2-14-8(6)21-9(19)7-3-20-4-15-7/h1-2,7,15H,3-4H2. The first-order valence-electron chi connectivity index (χ1n) is 5.53. The van der Waals surface area contributed by atoms with Gasteiger partial charge in [-0.2, -0.15) is 13.2 Å². The molecule has 1 atom stereocenters. The van der Waals surface area contributed by atoms with E-state index in [1.807, 2.05) is 0 Å². The van der Waals surface area contributed by atoms with Gasteiger partial charge in [0.15, 0.2) is 0 Å². The smallest absolute Gasteiger partial charge is 0.299 e. The first-order valence-corrected chi connectivity index (χ1v) is 7.91. The maximum atomic E-state index is 13.0. The molecule has 1 aliphatic rings. The van der Waals surface area contributed by atoms with Gasteiger partial charge in [0.1, 0.15) is 11.2 Å². The van der Waals surface area contributed by atoms with Gasteiger partial charge in [0.05, 0.1) is 20.7 Å². The van der Waals surface area contributed by atoms with Crippen LogP contribution in [0.5, 0.6) is 0 Å². The highest BCUT2D eigenvalue weighted by atomic mass is 32.2.